The summed E-state index contributed by atoms with van der Waals surface area (Å²) >= 11 is 3.93. The van der Waals surface area contributed by atoms with Crippen LogP contribution < -0.4 is 5.32 Å². The fraction of sp³-hybridized carbons (Fsp3) is 0.464. The van der Waals surface area contributed by atoms with E-state index in [0.717, 1.165) is 18.1 Å². The maximum absolute atomic E-state index is 13.2. The van der Waals surface area contributed by atoms with E-state index in [1.807, 2.05) is 23.1 Å². The minimum absolute atomic E-state index is 0.0833. The van der Waals surface area contributed by atoms with Crippen LogP contribution >= 0.6 is 12.6 Å². The van der Waals surface area contributed by atoms with Gasteiger partial charge in [0.2, 0.25) is 5.91 Å². The van der Waals surface area contributed by atoms with E-state index in [0.29, 0.717) is 56.1 Å². The highest BCUT2D eigenvalue weighted by atomic mass is 32.1. The Bertz CT molecular complexity index is 1250. The first kappa shape index (κ1) is 32.3. The monoisotopic (exact) mass is 600 g/mol. The number of nitriles is 1. The smallest absolute Gasteiger partial charge is 0.334 e. The van der Waals surface area contributed by atoms with Gasteiger partial charge in [0.1, 0.15) is 0 Å². The SMILES string of the molecule is CC(C)CC1NC2(CCN(C(=O)S)CC2)N(Cc2ccccc2C#N)C1=O.FC(F)(F)c1cccc(C(F)(F)F)c1. The van der Waals surface area contributed by atoms with Gasteiger partial charge in [0.15, 0.2) is 0 Å². The summed E-state index contributed by atoms with van der Waals surface area (Å²) in [6.45, 7) is 5.74. The Balaban J connectivity index is 0.000000278. The first-order valence-corrected chi connectivity index (χ1v) is 13.3. The van der Waals surface area contributed by atoms with Gasteiger partial charge < -0.3 is 9.80 Å². The van der Waals surface area contributed by atoms with Gasteiger partial charge >= 0.3 is 12.4 Å². The first-order chi connectivity index (χ1) is 19.1. The van der Waals surface area contributed by atoms with E-state index in [-0.39, 0.29) is 23.3 Å². The van der Waals surface area contributed by atoms with E-state index in [1.165, 1.54) is 0 Å². The van der Waals surface area contributed by atoms with Crippen molar-refractivity contribution in [3.8, 4) is 6.07 Å². The van der Waals surface area contributed by atoms with E-state index < -0.39 is 29.1 Å². The summed E-state index contributed by atoms with van der Waals surface area (Å²) in [5, 5.41) is 12.8. The van der Waals surface area contributed by atoms with Crippen LogP contribution in [0.3, 0.4) is 0 Å². The van der Waals surface area contributed by atoms with Crippen molar-refractivity contribution in [1.82, 2.24) is 15.1 Å². The lowest BCUT2D eigenvalue weighted by Crippen LogP contribution is -2.59. The number of thiol groups is 1. The predicted octanol–water partition coefficient (Wildman–Crippen LogP) is 6.47. The van der Waals surface area contributed by atoms with Gasteiger partial charge in [-0.25, -0.2) is 0 Å². The number of likely N-dealkylation sites (tertiary alicyclic amines) is 1. The highest BCUT2D eigenvalue weighted by Crippen LogP contribution is 2.36. The summed E-state index contributed by atoms with van der Waals surface area (Å²) in [6.07, 6.45) is -7.41. The molecule has 2 amide bonds. The molecular formula is C28H30F6N4O2S. The molecule has 6 nitrogen and oxygen atoms in total. The molecule has 1 atom stereocenters. The zero-order valence-electron chi connectivity index (χ0n) is 22.4. The van der Waals surface area contributed by atoms with E-state index in [1.54, 1.807) is 11.0 Å². The Hall–Kier alpha value is -3.24. The average Bonchev–Trinajstić information content (AvgIpc) is 3.13. The van der Waals surface area contributed by atoms with Gasteiger partial charge in [-0.3, -0.25) is 14.9 Å². The van der Waals surface area contributed by atoms with Crippen LogP contribution in [0.15, 0.2) is 48.5 Å². The van der Waals surface area contributed by atoms with Crippen LogP contribution in [0.25, 0.3) is 0 Å². The lowest BCUT2D eigenvalue weighted by Gasteiger charge is -2.44. The molecule has 2 aromatic carbocycles. The number of nitrogens with zero attached hydrogens (tertiary/aromatic N) is 3. The lowest BCUT2D eigenvalue weighted by molar-refractivity contribution is -0.143. The molecule has 0 aromatic heterocycles. The van der Waals surface area contributed by atoms with Crippen LogP contribution in [0, 0.1) is 17.2 Å². The predicted molar refractivity (Wildman–Crippen MR) is 142 cm³/mol. The molecule has 0 aliphatic carbocycles. The van der Waals surface area contributed by atoms with Crippen molar-refractivity contribution in [3.63, 3.8) is 0 Å². The van der Waals surface area contributed by atoms with Gasteiger partial charge in [-0.1, -0.05) is 50.7 Å². The Labute approximate surface area is 239 Å². The molecule has 2 heterocycles. The minimum Gasteiger partial charge on any atom is -0.334 e. The van der Waals surface area contributed by atoms with E-state index in [4.69, 9.17) is 0 Å². The molecule has 0 saturated carbocycles. The number of carbonyl (C=O) groups is 2. The largest absolute Gasteiger partial charge is 0.416 e. The summed E-state index contributed by atoms with van der Waals surface area (Å²) in [4.78, 5) is 28.4. The minimum atomic E-state index is -4.75. The number of hydrogen-bond acceptors (Lipinski definition) is 4. The van der Waals surface area contributed by atoms with Crippen molar-refractivity contribution < 1.29 is 35.9 Å². The number of carbonyl (C=O) groups excluding carboxylic acids is 2. The third-order valence-corrected chi connectivity index (χ3v) is 7.36. The Kier molecular flexibility index (Phi) is 10.0. The third kappa shape index (κ3) is 7.95. The number of piperidine rings is 1. The molecule has 4 rings (SSSR count). The molecular weight excluding hydrogens is 570 g/mol. The number of rotatable bonds is 4. The van der Waals surface area contributed by atoms with Gasteiger partial charge in [0.05, 0.1) is 34.5 Å². The molecule has 0 bridgehead atoms. The Morgan fingerprint density at radius 2 is 1.61 bits per heavy atom. The number of alkyl halides is 6. The van der Waals surface area contributed by atoms with Crippen molar-refractivity contribution >= 4 is 23.8 Å². The second-order valence-electron chi connectivity index (χ2n) is 10.4. The van der Waals surface area contributed by atoms with Crippen LogP contribution in [0.5, 0.6) is 0 Å². The molecule has 222 valence electrons. The molecule has 2 aromatic rings. The number of amides is 2. The van der Waals surface area contributed by atoms with Crippen LogP contribution in [-0.2, 0) is 23.7 Å². The van der Waals surface area contributed by atoms with Crippen molar-refractivity contribution in [2.75, 3.05) is 13.1 Å². The second kappa shape index (κ2) is 12.7. The highest BCUT2D eigenvalue weighted by Gasteiger charge is 2.51. The fourth-order valence-electron chi connectivity index (χ4n) is 5.02. The average molecular weight is 601 g/mol. The molecule has 2 aliphatic rings. The summed E-state index contributed by atoms with van der Waals surface area (Å²) < 4.78 is 71.9. The van der Waals surface area contributed by atoms with Gasteiger partial charge in [-0.15, -0.1) is 0 Å². The van der Waals surface area contributed by atoms with Crippen LogP contribution in [-0.4, -0.2) is 45.7 Å². The normalized spacial score (nSPS) is 18.8. The van der Waals surface area contributed by atoms with Crippen molar-refractivity contribution in [3.05, 3.63) is 70.8 Å². The standard InChI is InChI=1S/C20H26N4O2S.C8H4F6/c1-14(2)11-17-18(25)24(13-16-6-4-3-5-15(16)12-21)20(22-17)7-9-23(10-8-20)19(26)27;9-7(10,11)5-2-1-3-6(4-5)8(12,13)14/h3-6,14,17,22H,7-11,13H2,1-2H3,(H,26,27);1-4H. The Morgan fingerprint density at radius 1 is 1.05 bits per heavy atom. The first-order valence-electron chi connectivity index (χ1n) is 12.9. The molecule has 1 spiro atoms. The molecule has 1 unspecified atom stereocenters. The molecule has 41 heavy (non-hydrogen) atoms. The fourth-order valence-corrected chi connectivity index (χ4v) is 5.22. The zero-order chi connectivity index (χ0) is 30.6. The number of benzene rings is 2. The molecule has 2 aliphatic heterocycles. The van der Waals surface area contributed by atoms with Crippen molar-refractivity contribution in [2.45, 2.75) is 63.7 Å². The second-order valence-corrected chi connectivity index (χ2v) is 10.8. The van der Waals surface area contributed by atoms with Gasteiger partial charge in [0, 0.05) is 32.5 Å². The van der Waals surface area contributed by atoms with Crippen molar-refractivity contribution in [2.24, 2.45) is 5.92 Å². The number of hydrogen-bond donors (Lipinski definition) is 2. The van der Waals surface area contributed by atoms with E-state index in [9.17, 15) is 41.2 Å². The quantitative estimate of drug-likeness (QED) is 0.312. The van der Waals surface area contributed by atoms with Gasteiger partial charge in [-0.05, 0) is 42.2 Å². The molecule has 0 radical (unpaired) electrons. The maximum atomic E-state index is 13.2. The number of halogens is 6. The molecule has 2 fully saturated rings. The van der Waals surface area contributed by atoms with Crippen LogP contribution in [0.1, 0.15) is 55.4 Å². The van der Waals surface area contributed by atoms with Crippen LogP contribution in [0.4, 0.5) is 31.1 Å². The molecule has 13 heteroatoms. The summed E-state index contributed by atoms with van der Waals surface area (Å²) in [5.74, 6) is 0.482. The molecule has 1 N–H and O–H groups in total. The topological polar surface area (TPSA) is 76.4 Å². The van der Waals surface area contributed by atoms with Gasteiger partial charge in [0.25, 0.3) is 5.24 Å². The summed E-state index contributed by atoms with van der Waals surface area (Å²) in [6, 6.07) is 11.4. The van der Waals surface area contributed by atoms with Crippen LogP contribution in [0.2, 0.25) is 0 Å². The summed E-state index contributed by atoms with van der Waals surface area (Å²) in [7, 11) is 0. The van der Waals surface area contributed by atoms with Crippen molar-refractivity contribution in [1.29, 1.82) is 5.26 Å². The van der Waals surface area contributed by atoms with E-state index in [2.05, 4.69) is 37.9 Å². The Morgan fingerprint density at radius 3 is 2.10 bits per heavy atom. The van der Waals surface area contributed by atoms with E-state index >= 15 is 0 Å². The molecule has 2 saturated heterocycles. The lowest BCUT2D eigenvalue weighted by atomic mass is 9.95. The maximum Gasteiger partial charge on any atom is 0.416 e. The number of nitrogens with one attached hydrogen (secondary N) is 1. The van der Waals surface area contributed by atoms with Gasteiger partial charge in [-0.2, -0.15) is 31.6 Å². The zero-order valence-corrected chi connectivity index (χ0v) is 23.3. The third-order valence-electron chi connectivity index (χ3n) is 7.08. The highest BCUT2D eigenvalue weighted by molar-refractivity contribution is 7.96. The summed E-state index contributed by atoms with van der Waals surface area (Å²) in [5.41, 5.74) is -1.62.